The number of esters is 1. The van der Waals surface area contributed by atoms with Gasteiger partial charge in [0.2, 0.25) is 0 Å². The van der Waals surface area contributed by atoms with Gasteiger partial charge in [-0.15, -0.1) is 0 Å². The van der Waals surface area contributed by atoms with E-state index in [1.165, 1.54) is 6.39 Å². The summed E-state index contributed by atoms with van der Waals surface area (Å²) in [5, 5.41) is 7.27. The van der Waals surface area contributed by atoms with Gasteiger partial charge in [0.15, 0.2) is 18.8 Å². The van der Waals surface area contributed by atoms with Crippen LogP contribution in [0.2, 0.25) is 0 Å². The summed E-state index contributed by atoms with van der Waals surface area (Å²) in [6.07, 6.45) is 2.92. The van der Waals surface area contributed by atoms with Gasteiger partial charge in [0.25, 0.3) is 5.91 Å². The summed E-state index contributed by atoms with van der Waals surface area (Å²) in [6.45, 7) is 3.27. The lowest BCUT2D eigenvalue weighted by Gasteiger charge is -2.08. The normalized spacial score (nSPS) is 10.6. The summed E-state index contributed by atoms with van der Waals surface area (Å²) >= 11 is 0. The molecule has 2 aromatic heterocycles. The maximum Gasteiger partial charge on any atom is 0.338 e. The molecule has 0 bridgehead atoms. The fourth-order valence-corrected chi connectivity index (χ4v) is 3.16. The molecule has 0 fully saturated rings. The largest absolute Gasteiger partial charge is 0.452 e. The van der Waals surface area contributed by atoms with Crippen molar-refractivity contribution in [3.05, 3.63) is 84.1 Å². The smallest absolute Gasteiger partial charge is 0.338 e. The average molecular weight is 416 g/mol. The van der Waals surface area contributed by atoms with E-state index in [0.717, 1.165) is 16.9 Å². The third-order valence-corrected chi connectivity index (χ3v) is 4.73. The average Bonchev–Trinajstić information content (AvgIpc) is 3.43. The molecule has 4 aromatic rings. The predicted octanol–water partition coefficient (Wildman–Crippen LogP) is 3.94. The zero-order chi connectivity index (χ0) is 21.8. The second kappa shape index (κ2) is 8.66. The first-order valence-corrected chi connectivity index (χ1v) is 9.60. The van der Waals surface area contributed by atoms with E-state index >= 15 is 0 Å². The van der Waals surface area contributed by atoms with E-state index < -0.39 is 18.5 Å². The number of anilines is 1. The van der Waals surface area contributed by atoms with Crippen molar-refractivity contribution in [1.82, 2.24) is 14.8 Å². The molecule has 4 rings (SSSR count). The van der Waals surface area contributed by atoms with E-state index in [2.05, 4.69) is 15.4 Å². The van der Waals surface area contributed by atoms with Gasteiger partial charge in [-0.05, 0) is 38.1 Å². The van der Waals surface area contributed by atoms with E-state index in [4.69, 9.17) is 9.15 Å². The van der Waals surface area contributed by atoms with Crippen LogP contribution in [0.15, 0.2) is 71.6 Å². The number of para-hydroxylation sites is 1. The molecule has 2 heterocycles. The molecule has 31 heavy (non-hydrogen) atoms. The fourth-order valence-electron chi connectivity index (χ4n) is 3.16. The number of aromatic nitrogens is 3. The van der Waals surface area contributed by atoms with Crippen LogP contribution in [0.25, 0.3) is 17.0 Å². The van der Waals surface area contributed by atoms with Crippen LogP contribution in [-0.2, 0) is 9.53 Å². The predicted molar refractivity (Wildman–Crippen MR) is 114 cm³/mol. The van der Waals surface area contributed by atoms with Crippen molar-refractivity contribution >= 4 is 17.6 Å². The minimum absolute atomic E-state index is 0.334. The van der Waals surface area contributed by atoms with Crippen LogP contribution in [0.5, 0.6) is 0 Å². The minimum atomic E-state index is -0.590. The monoisotopic (exact) mass is 416 g/mol. The lowest BCUT2D eigenvalue weighted by Crippen LogP contribution is -2.21. The Hall–Kier alpha value is -4.20. The number of nitrogens with zero attached hydrogens (tertiary/aromatic N) is 3. The first-order valence-electron chi connectivity index (χ1n) is 9.60. The van der Waals surface area contributed by atoms with Crippen molar-refractivity contribution in [2.75, 3.05) is 11.9 Å². The number of aryl methyl sites for hydroxylation is 1. The van der Waals surface area contributed by atoms with Crippen LogP contribution in [-0.4, -0.2) is 33.2 Å². The van der Waals surface area contributed by atoms with Gasteiger partial charge in [0.1, 0.15) is 0 Å². The highest BCUT2D eigenvalue weighted by atomic mass is 16.5. The maximum atomic E-state index is 12.4. The second-order valence-electron chi connectivity index (χ2n) is 6.86. The number of hydrogen-bond acceptors (Lipinski definition) is 6. The van der Waals surface area contributed by atoms with Crippen LogP contribution in [0.1, 0.15) is 21.7 Å². The minimum Gasteiger partial charge on any atom is -0.452 e. The number of nitrogens with one attached hydrogen (secondary N) is 1. The van der Waals surface area contributed by atoms with Crippen LogP contribution < -0.4 is 5.32 Å². The Morgan fingerprint density at radius 1 is 1.06 bits per heavy atom. The van der Waals surface area contributed by atoms with Gasteiger partial charge in [-0.1, -0.05) is 30.3 Å². The van der Waals surface area contributed by atoms with Crippen molar-refractivity contribution in [2.45, 2.75) is 13.8 Å². The summed E-state index contributed by atoms with van der Waals surface area (Å²) in [5.74, 6) is -0.431. The third kappa shape index (κ3) is 4.37. The maximum absolute atomic E-state index is 12.4. The van der Waals surface area contributed by atoms with Crippen LogP contribution in [0, 0.1) is 13.8 Å². The van der Waals surface area contributed by atoms with Gasteiger partial charge in [-0.25, -0.2) is 14.5 Å². The first-order chi connectivity index (χ1) is 15.0. The highest BCUT2D eigenvalue weighted by Crippen LogP contribution is 2.23. The molecule has 0 aliphatic heterocycles. The zero-order valence-electron chi connectivity index (χ0n) is 17.0. The van der Waals surface area contributed by atoms with Gasteiger partial charge in [0.05, 0.1) is 34.5 Å². The van der Waals surface area contributed by atoms with Crippen molar-refractivity contribution < 1.29 is 18.7 Å². The Labute approximate surface area is 178 Å². The second-order valence-corrected chi connectivity index (χ2v) is 6.86. The molecular formula is C23H20N4O4. The first kappa shape index (κ1) is 20.1. The molecule has 1 N–H and O–H groups in total. The standard InChI is InChI=1S/C23H20N4O4/c1-15-22(16(2)27(26-15)19-6-4-3-5-7-19)25-21(28)13-30-23(29)18-10-8-17(9-11-18)20-12-24-14-31-20/h3-12,14H,13H2,1-2H3,(H,25,28). The Balaban J connectivity index is 1.37. The lowest BCUT2D eigenvalue weighted by atomic mass is 10.1. The molecule has 0 saturated carbocycles. The Morgan fingerprint density at radius 3 is 2.48 bits per heavy atom. The molecular weight excluding hydrogens is 396 g/mol. The van der Waals surface area contributed by atoms with Gasteiger partial charge in [0, 0.05) is 5.56 Å². The summed E-state index contributed by atoms with van der Waals surface area (Å²) < 4.78 is 12.1. The summed E-state index contributed by atoms with van der Waals surface area (Å²) in [4.78, 5) is 28.5. The number of carbonyl (C=O) groups excluding carboxylic acids is 2. The molecule has 0 aliphatic carbocycles. The molecule has 0 atom stereocenters. The SMILES string of the molecule is Cc1nn(-c2ccccc2)c(C)c1NC(=O)COC(=O)c1ccc(-c2cnco2)cc1. The molecule has 2 aromatic carbocycles. The van der Waals surface area contributed by atoms with E-state index in [-0.39, 0.29) is 0 Å². The highest BCUT2D eigenvalue weighted by molar-refractivity contribution is 5.96. The van der Waals surface area contributed by atoms with Crippen molar-refractivity contribution in [1.29, 1.82) is 0 Å². The van der Waals surface area contributed by atoms with Gasteiger partial charge >= 0.3 is 5.97 Å². The van der Waals surface area contributed by atoms with Crippen molar-refractivity contribution in [3.63, 3.8) is 0 Å². The molecule has 1 amide bonds. The molecule has 156 valence electrons. The summed E-state index contributed by atoms with van der Waals surface area (Å²) in [6, 6.07) is 16.3. The third-order valence-electron chi connectivity index (χ3n) is 4.73. The number of rotatable bonds is 6. The quantitative estimate of drug-likeness (QED) is 0.478. The topological polar surface area (TPSA) is 99.2 Å². The summed E-state index contributed by atoms with van der Waals surface area (Å²) in [5.41, 5.74) is 4.06. The number of oxazole rings is 1. The van der Waals surface area contributed by atoms with E-state index in [1.807, 2.05) is 44.2 Å². The molecule has 0 aliphatic rings. The van der Waals surface area contributed by atoms with E-state index in [0.29, 0.717) is 22.7 Å². The van der Waals surface area contributed by atoms with Gasteiger partial charge in [-0.2, -0.15) is 5.10 Å². The van der Waals surface area contributed by atoms with Gasteiger partial charge in [-0.3, -0.25) is 4.79 Å². The van der Waals surface area contributed by atoms with Crippen molar-refractivity contribution in [2.24, 2.45) is 0 Å². The highest BCUT2D eigenvalue weighted by Gasteiger charge is 2.17. The molecule has 0 spiro atoms. The number of ether oxygens (including phenoxy) is 1. The van der Waals surface area contributed by atoms with Crippen LogP contribution in [0.3, 0.4) is 0 Å². The molecule has 0 radical (unpaired) electrons. The molecule has 0 saturated heterocycles. The number of benzene rings is 2. The Kier molecular flexibility index (Phi) is 5.61. The Bertz CT molecular complexity index is 1200. The number of carbonyl (C=O) groups is 2. The fraction of sp³-hybridized carbons (Fsp3) is 0.130. The molecule has 8 nitrogen and oxygen atoms in total. The van der Waals surface area contributed by atoms with Gasteiger partial charge < -0.3 is 14.5 Å². The van der Waals surface area contributed by atoms with Crippen LogP contribution >= 0.6 is 0 Å². The lowest BCUT2D eigenvalue weighted by molar-refractivity contribution is -0.119. The molecule has 0 unspecified atom stereocenters. The number of amides is 1. The summed E-state index contributed by atoms with van der Waals surface area (Å²) in [7, 11) is 0. The molecule has 8 heteroatoms. The van der Waals surface area contributed by atoms with Crippen molar-refractivity contribution in [3.8, 4) is 17.0 Å². The number of hydrogen-bond donors (Lipinski definition) is 1. The zero-order valence-corrected chi connectivity index (χ0v) is 17.0. The van der Waals surface area contributed by atoms with E-state index in [1.54, 1.807) is 35.1 Å². The Morgan fingerprint density at radius 2 is 1.81 bits per heavy atom. The van der Waals surface area contributed by atoms with Crippen LogP contribution in [0.4, 0.5) is 5.69 Å². The van der Waals surface area contributed by atoms with E-state index in [9.17, 15) is 9.59 Å².